The second-order valence-electron chi connectivity index (χ2n) is 6.07. The summed E-state index contributed by atoms with van der Waals surface area (Å²) in [5.41, 5.74) is 4.99. The van der Waals surface area contributed by atoms with Gasteiger partial charge in [-0.2, -0.15) is 0 Å². The van der Waals surface area contributed by atoms with Crippen molar-refractivity contribution in [3.05, 3.63) is 0 Å². The van der Waals surface area contributed by atoms with E-state index in [0.717, 1.165) is 6.42 Å². The van der Waals surface area contributed by atoms with Crippen LogP contribution in [0.3, 0.4) is 0 Å². The average molecular weight is 272 g/mol. The molecule has 0 aliphatic rings. The summed E-state index contributed by atoms with van der Waals surface area (Å²) in [6.07, 6.45) is 1.64. The molecule has 0 saturated heterocycles. The second-order valence-corrected chi connectivity index (χ2v) is 6.07. The molecule has 0 radical (unpaired) electrons. The van der Waals surface area contributed by atoms with Gasteiger partial charge in [-0.05, 0) is 38.5 Å². The highest BCUT2D eigenvalue weighted by atomic mass is 16.4. The summed E-state index contributed by atoms with van der Waals surface area (Å²) in [6.45, 7) is 8.67. The molecule has 19 heavy (non-hydrogen) atoms. The topological polar surface area (TPSA) is 92.4 Å². The number of aliphatic carboxylic acids is 1. The minimum atomic E-state index is -0.765. The van der Waals surface area contributed by atoms with Crippen LogP contribution in [0.4, 0.5) is 0 Å². The number of nitrogens with two attached hydrogens (primary N) is 1. The zero-order chi connectivity index (χ0) is 15.1. The molecule has 0 saturated carbocycles. The summed E-state index contributed by atoms with van der Waals surface area (Å²) >= 11 is 0. The van der Waals surface area contributed by atoms with Crippen LogP contribution >= 0.6 is 0 Å². The van der Waals surface area contributed by atoms with Gasteiger partial charge in [0.1, 0.15) is 0 Å². The molecule has 4 N–H and O–H groups in total. The van der Waals surface area contributed by atoms with Crippen molar-refractivity contribution in [2.75, 3.05) is 13.1 Å². The van der Waals surface area contributed by atoms with Gasteiger partial charge in [-0.25, -0.2) is 0 Å². The Morgan fingerprint density at radius 2 is 1.84 bits per heavy atom. The Morgan fingerprint density at radius 1 is 1.26 bits per heavy atom. The SMILES string of the molecule is CC(C)C(CCNC(=O)C(C)(C)CN)CCC(=O)O. The monoisotopic (exact) mass is 272 g/mol. The number of amides is 1. The van der Waals surface area contributed by atoms with Crippen molar-refractivity contribution in [2.45, 2.75) is 47.0 Å². The minimum absolute atomic E-state index is 0.0456. The smallest absolute Gasteiger partial charge is 0.303 e. The van der Waals surface area contributed by atoms with E-state index in [9.17, 15) is 9.59 Å². The fourth-order valence-electron chi connectivity index (χ4n) is 1.82. The lowest BCUT2D eigenvalue weighted by molar-refractivity contribution is -0.137. The summed E-state index contributed by atoms with van der Waals surface area (Å²) < 4.78 is 0. The zero-order valence-corrected chi connectivity index (χ0v) is 12.5. The third-order valence-corrected chi connectivity index (χ3v) is 3.60. The lowest BCUT2D eigenvalue weighted by atomic mass is 9.88. The molecule has 0 aromatic carbocycles. The van der Waals surface area contributed by atoms with Crippen LogP contribution in [0, 0.1) is 17.3 Å². The molecule has 1 atom stereocenters. The van der Waals surface area contributed by atoms with E-state index in [-0.39, 0.29) is 12.3 Å². The van der Waals surface area contributed by atoms with Crippen molar-refractivity contribution in [1.82, 2.24) is 5.32 Å². The Bertz CT molecular complexity index is 301. The number of carboxylic acids is 1. The van der Waals surface area contributed by atoms with Crippen LogP contribution in [0.1, 0.15) is 47.0 Å². The molecule has 0 bridgehead atoms. The van der Waals surface area contributed by atoms with Crippen LogP contribution in [0.2, 0.25) is 0 Å². The van der Waals surface area contributed by atoms with Gasteiger partial charge in [-0.1, -0.05) is 13.8 Å². The van der Waals surface area contributed by atoms with Gasteiger partial charge in [0.2, 0.25) is 5.91 Å². The van der Waals surface area contributed by atoms with Gasteiger partial charge >= 0.3 is 5.97 Å². The number of carboxylic acid groups (broad SMARTS) is 1. The Hall–Kier alpha value is -1.10. The Balaban J connectivity index is 4.13. The van der Waals surface area contributed by atoms with Gasteiger partial charge in [0.25, 0.3) is 0 Å². The molecule has 1 amide bonds. The molecule has 0 aliphatic carbocycles. The fraction of sp³-hybridized carbons (Fsp3) is 0.857. The fourth-order valence-corrected chi connectivity index (χ4v) is 1.82. The van der Waals surface area contributed by atoms with Crippen LogP contribution in [-0.4, -0.2) is 30.1 Å². The first-order chi connectivity index (χ1) is 8.70. The number of hydrogen-bond donors (Lipinski definition) is 3. The Labute approximate surface area is 115 Å². The maximum Gasteiger partial charge on any atom is 0.303 e. The molecular weight excluding hydrogens is 244 g/mol. The maximum atomic E-state index is 11.8. The number of nitrogens with one attached hydrogen (secondary N) is 1. The highest BCUT2D eigenvalue weighted by molar-refractivity contribution is 5.81. The summed E-state index contributed by atoms with van der Waals surface area (Å²) in [5.74, 6) is -0.0779. The van der Waals surface area contributed by atoms with E-state index in [1.807, 2.05) is 13.8 Å². The molecule has 0 spiro atoms. The number of rotatable bonds is 9. The summed E-state index contributed by atoms with van der Waals surface area (Å²) in [7, 11) is 0. The number of carbonyl (C=O) groups excluding carboxylic acids is 1. The predicted octanol–water partition coefficient (Wildman–Crippen LogP) is 1.61. The van der Waals surface area contributed by atoms with Crippen molar-refractivity contribution >= 4 is 11.9 Å². The molecule has 5 nitrogen and oxygen atoms in total. The quantitative estimate of drug-likeness (QED) is 0.594. The van der Waals surface area contributed by atoms with Gasteiger partial charge in [0.05, 0.1) is 5.41 Å². The first-order valence-corrected chi connectivity index (χ1v) is 6.91. The van der Waals surface area contributed by atoms with Crippen LogP contribution in [0.15, 0.2) is 0 Å². The highest BCUT2D eigenvalue weighted by Gasteiger charge is 2.25. The summed E-state index contributed by atoms with van der Waals surface area (Å²) in [5, 5.41) is 11.6. The van der Waals surface area contributed by atoms with Crippen molar-refractivity contribution in [1.29, 1.82) is 0 Å². The normalized spacial score (nSPS) is 13.4. The van der Waals surface area contributed by atoms with Crippen molar-refractivity contribution < 1.29 is 14.7 Å². The van der Waals surface area contributed by atoms with Gasteiger partial charge in [0, 0.05) is 19.5 Å². The van der Waals surface area contributed by atoms with Gasteiger partial charge in [0.15, 0.2) is 0 Å². The van der Waals surface area contributed by atoms with E-state index in [0.29, 0.717) is 31.3 Å². The highest BCUT2D eigenvalue weighted by Crippen LogP contribution is 2.21. The minimum Gasteiger partial charge on any atom is -0.481 e. The van der Waals surface area contributed by atoms with Crippen molar-refractivity contribution in [2.24, 2.45) is 23.0 Å². The number of hydrogen-bond acceptors (Lipinski definition) is 3. The third-order valence-electron chi connectivity index (χ3n) is 3.60. The molecule has 1 unspecified atom stereocenters. The third kappa shape index (κ3) is 7.15. The number of carbonyl (C=O) groups is 2. The molecule has 112 valence electrons. The van der Waals surface area contributed by atoms with Gasteiger partial charge in [-0.15, -0.1) is 0 Å². The van der Waals surface area contributed by atoms with E-state index in [1.54, 1.807) is 0 Å². The van der Waals surface area contributed by atoms with Crippen LogP contribution in [0.25, 0.3) is 0 Å². The van der Waals surface area contributed by atoms with E-state index in [4.69, 9.17) is 10.8 Å². The molecule has 0 aromatic heterocycles. The first kappa shape index (κ1) is 17.9. The van der Waals surface area contributed by atoms with E-state index in [2.05, 4.69) is 19.2 Å². The van der Waals surface area contributed by atoms with Crippen LogP contribution in [-0.2, 0) is 9.59 Å². The zero-order valence-electron chi connectivity index (χ0n) is 12.5. The van der Waals surface area contributed by atoms with E-state index in [1.165, 1.54) is 0 Å². The molecule has 0 fully saturated rings. The first-order valence-electron chi connectivity index (χ1n) is 6.91. The lowest BCUT2D eigenvalue weighted by Crippen LogP contribution is -2.42. The molecule has 0 heterocycles. The Kier molecular flexibility index (Phi) is 7.68. The summed E-state index contributed by atoms with van der Waals surface area (Å²) in [6, 6.07) is 0. The summed E-state index contributed by atoms with van der Waals surface area (Å²) in [4.78, 5) is 22.4. The average Bonchev–Trinajstić information content (AvgIpc) is 2.32. The lowest BCUT2D eigenvalue weighted by Gasteiger charge is -2.24. The van der Waals surface area contributed by atoms with Gasteiger partial charge in [-0.3, -0.25) is 9.59 Å². The predicted molar refractivity (Wildman–Crippen MR) is 75.7 cm³/mol. The molecule has 0 aromatic rings. The van der Waals surface area contributed by atoms with Crippen molar-refractivity contribution in [3.8, 4) is 0 Å². The maximum absolute atomic E-state index is 11.8. The molecular formula is C14H28N2O3. The van der Waals surface area contributed by atoms with Gasteiger partial charge < -0.3 is 16.2 Å². The van der Waals surface area contributed by atoms with Crippen LogP contribution < -0.4 is 11.1 Å². The molecule has 5 heteroatoms. The second kappa shape index (κ2) is 8.15. The van der Waals surface area contributed by atoms with E-state index >= 15 is 0 Å². The van der Waals surface area contributed by atoms with Crippen molar-refractivity contribution in [3.63, 3.8) is 0 Å². The van der Waals surface area contributed by atoms with Crippen LogP contribution in [0.5, 0.6) is 0 Å². The standard InChI is InChI=1S/C14H28N2O3/c1-10(2)11(5-6-12(17)18)7-8-16-13(19)14(3,4)9-15/h10-11H,5-9,15H2,1-4H3,(H,16,19)(H,17,18). The molecule has 0 rings (SSSR count). The largest absolute Gasteiger partial charge is 0.481 e. The molecule has 0 aliphatic heterocycles. The Morgan fingerprint density at radius 3 is 2.26 bits per heavy atom. The van der Waals surface area contributed by atoms with E-state index < -0.39 is 11.4 Å².